The van der Waals surface area contributed by atoms with Crippen molar-refractivity contribution in [3.05, 3.63) is 0 Å². The van der Waals surface area contributed by atoms with E-state index >= 15 is 0 Å². The molecule has 0 aromatic rings. The van der Waals surface area contributed by atoms with E-state index in [4.69, 9.17) is 4.74 Å². The summed E-state index contributed by atoms with van der Waals surface area (Å²) in [4.78, 5) is 23.9. The summed E-state index contributed by atoms with van der Waals surface area (Å²) >= 11 is 0. The summed E-state index contributed by atoms with van der Waals surface area (Å²) in [5, 5.41) is 21.0. The maximum Gasteiger partial charge on any atom is 0.306 e. The topological polar surface area (TPSA) is 83.8 Å². The fourth-order valence-electron chi connectivity index (χ4n) is 10.8. The van der Waals surface area contributed by atoms with Crippen LogP contribution in [0.15, 0.2) is 0 Å². The van der Waals surface area contributed by atoms with E-state index in [2.05, 4.69) is 27.7 Å². The SMILES string of the molecule is CCCCCCCCCCCCC(=O)OC1CCC2(C)C(CCC3C2CC(O)C2(C)C(C(C)CCC(=O)O)CCC32)C1. The van der Waals surface area contributed by atoms with Crippen LogP contribution in [-0.2, 0) is 14.3 Å². The van der Waals surface area contributed by atoms with Crippen LogP contribution in [0.1, 0.15) is 163 Å². The Bertz CT molecular complexity index is 872. The first-order chi connectivity index (χ1) is 20.1. The van der Waals surface area contributed by atoms with E-state index in [9.17, 15) is 19.8 Å². The fourth-order valence-corrected chi connectivity index (χ4v) is 10.8. The summed E-state index contributed by atoms with van der Waals surface area (Å²) in [5.74, 6) is 2.36. The summed E-state index contributed by atoms with van der Waals surface area (Å²) in [7, 11) is 0. The minimum Gasteiger partial charge on any atom is -0.481 e. The smallest absolute Gasteiger partial charge is 0.306 e. The Morgan fingerprint density at radius 3 is 2.17 bits per heavy atom. The first-order valence-corrected chi connectivity index (χ1v) is 18.2. The normalized spacial score (nSPS) is 38.3. The minimum absolute atomic E-state index is 0.00900. The lowest BCUT2D eigenvalue weighted by atomic mass is 9.43. The van der Waals surface area contributed by atoms with Crippen molar-refractivity contribution in [1.29, 1.82) is 0 Å². The zero-order valence-electron chi connectivity index (χ0n) is 27.6. The number of carbonyl (C=O) groups is 2. The molecule has 0 saturated heterocycles. The molecule has 2 N–H and O–H groups in total. The van der Waals surface area contributed by atoms with Gasteiger partial charge in [0.1, 0.15) is 6.10 Å². The van der Waals surface area contributed by atoms with Gasteiger partial charge in [-0.1, -0.05) is 85.5 Å². The van der Waals surface area contributed by atoms with Gasteiger partial charge in [0.05, 0.1) is 6.10 Å². The Hall–Kier alpha value is -1.10. The van der Waals surface area contributed by atoms with Gasteiger partial charge in [-0.3, -0.25) is 9.59 Å². The van der Waals surface area contributed by atoms with Crippen LogP contribution in [0.4, 0.5) is 0 Å². The van der Waals surface area contributed by atoms with Gasteiger partial charge in [-0.05, 0) is 111 Å². The summed E-state index contributed by atoms with van der Waals surface area (Å²) < 4.78 is 6.06. The molecule has 10 unspecified atom stereocenters. The van der Waals surface area contributed by atoms with Crippen molar-refractivity contribution in [3.8, 4) is 0 Å². The summed E-state index contributed by atoms with van der Waals surface area (Å²) in [6.07, 6.45) is 22.7. The third-order valence-electron chi connectivity index (χ3n) is 13.3. The largest absolute Gasteiger partial charge is 0.481 e. The van der Waals surface area contributed by atoms with E-state index in [-0.39, 0.29) is 35.4 Å². The van der Waals surface area contributed by atoms with Gasteiger partial charge in [0, 0.05) is 12.8 Å². The second kappa shape index (κ2) is 15.3. The minimum atomic E-state index is -0.711. The Kier molecular flexibility index (Phi) is 12.3. The molecule has 4 fully saturated rings. The lowest BCUT2D eigenvalue weighted by Crippen LogP contribution is -2.59. The van der Waals surface area contributed by atoms with E-state index in [1.54, 1.807) is 0 Å². The third kappa shape index (κ3) is 7.57. The highest BCUT2D eigenvalue weighted by atomic mass is 16.5. The number of aliphatic carboxylic acids is 1. The van der Waals surface area contributed by atoms with Gasteiger partial charge in [0.2, 0.25) is 0 Å². The van der Waals surface area contributed by atoms with Crippen molar-refractivity contribution in [3.63, 3.8) is 0 Å². The van der Waals surface area contributed by atoms with Crippen LogP contribution in [0.5, 0.6) is 0 Å². The number of carbonyl (C=O) groups excluding carboxylic acids is 1. The van der Waals surface area contributed by atoms with Crippen molar-refractivity contribution in [1.82, 2.24) is 0 Å². The van der Waals surface area contributed by atoms with Crippen molar-refractivity contribution in [2.24, 2.45) is 46.3 Å². The maximum absolute atomic E-state index is 12.7. The highest BCUT2D eigenvalue weighted by Crippen LogP contribution is 2.68. The molecule has 4 aliphatic rings. The van der Waals surface area contributed by atoms with Crippen molar-refractivity contribution in [2.45, 2.75) is 175 Å². The van der Waals surface area contributed by atoms with E-state index in [1.807, 2.05) is 0 Å². The van der Waals surface area contributed by atoms with Crippen LogP contribution in [0.25, 0.3) is 0 Å². The molecular weight excluding hydrogens is 524 g/mol. The Morgan fingerprint density at radius 2 is 1.50 bits per heavy atom. The lowest BCUT2D eigenvalue weighted by Gasteiger charge is -2.62. The third-order valence-corrected chi connectivity index (χ3v) is 13.3. The zero-order valence-corrected chi connectivity index (χ0v) is 27.6. The van der Waals surface area contributed by atoms with Crippen LogP contribution >= 0.6 is 0 Å². The molecule has 4 aliphatic carbocycles. The Labute approximate surface area is 257 Å². The van der Waals surface area contributed by atoms with Crippen LogP contribution < -0.4 is 0 Å². The Morgan fingerprint density at radius 1 is 0.833 bits per heavy atom. The van der Waals surface area contributed by atoms with Gasteiger partial charge in [-0.25, -0.2) is 0 Å². The van der Waals surface area contributed by atoms with Crippen molar-refractivity contribution >= 4 is 11.9 Å². The summed E-state index contributed by atoms with van der Waals surface area (Å²) in [6, 6.07) is 0. The quantitative estimate of drug-likeness (QED) is 0.139. The van der Waals surface area contributed by atoms with Crippen LogP contribution in [0.2, 0.25) is 0 Å². The molecule has 5 nitrogen and oxygen atoms in total. The second-order valence-corrected chi connectivity index (χ2v) is 15.7. The maximum atomic E-state index is 12.7. The molecule has 0 aromatic heterocycles. The van der Waals surface area contributed by atoms with Gasteiger partial charge >= 0.3 is 11.9 Å². The number of hydrogen-bond acceptors (Lipinski definition) is 4. The lowest BCUT2D eigenvalue weighted by molar-refractivity contribution is -0.181. The van der Waals surface area contributed by atoms with Crippen LogP contribution in [0.3, 0.4) is 0 Å². The van der Waals surface area contributed by atoms with Gasteiger partial charge in [-0.15, -0.1) is 0 Å². The van der Waals surface area contributed by atoms with Gasteiger partial charge in [0.25, 0.3) is 0 Å². The number of aliphatic hydroxyl groups excluding tert-OH is 1. The standard InChI is InChI=1S/C37H64O5/c1-5-6-7-8-9-10-11-12-13-14-15-35(41)42-28-22-23-36(3)27(24-28)17-18-29-31-20-19-30(26(2)16-21-34(39)40)37(31,4)33(38)25-32(29)36/h26-33,38H,5-25H2,1-4H3,(H,39,40). The number of aliphatic hydroxyl groups is 1. The monoisotopic (exact) mass is 588 g/mol. The first kappa shape index (κ1) is 33.8. The van der Waals surface area contributed by atoms with Gasteiger partial charge in [0.15, 0.2) is 0 Å². The second-order valence-electron chi connectivity index (χ2n) is 15.7. The number of rotatable bonds is 16. The summed E-state index contributed by atoms with van der Waals surface area (Å²) in [6.45, 7) is 9.32. The van der Waals surface area contributed by atoms with Crippen LogP contribution in [0, 0.1) is 46.3 Å². The van der Waals surface area contributed by atoms with Crippen molar-refractivity contribution < 1.29 is 24.5 Å². The molecule has 5 heteroatoms. The van der Waals surface area contributed by atoms with E-state index in [0.717, 1.165) is 44.9 Å². The molecule has 4 saturated carbocycles. The molecule has 0 amide bonds. The number of carboxylic acids is 1. The predicted octanol–water partition coefficient (Wildman–Crippen LogP) is 9.34. The number of ether oxygens (including phenoxy) is 1. The number of hydrogen-bond donors (Lipinski definition) is 2. The molecule has 0 aliphatic heterocycles. The summed E-state index contributed by atoms with van der Waals surface area (Å²) in [5.41, 5.74) is 0.126. The molecule has 0 radical (unpaired) electrons. The van der Waals surface area contributed by atoms with E-state index in [1.165, 1.54) is 70.6 Å². The number of esters is 1. The highest BCUT2D eigenvalue weighted by Gasteiger charge is 2.63. The fraction of sp³-hybridized carbons (Fsp3) is 0.946. The van der Waals surface area contributed by atoms with Gasteiger partial charge < -0.3 is 14.9 Å². The molecule has 242 valence electrons. The highest BCUT2D eigenvalue weighted by molar-refractivity contribution is 5.69. The number of unbranched alkanes of at least 4 members (excludes halogenated alkanes) is 9. The molecule has 42 heavy (non-hydrogen) atoms. The van der Waals surface area contributed by atoms with E-state index < -0.39 is 5.97 Å². The van der Waals surface area contributed by atoms with Crippen LogP contribution in [-0.4, -0.2) is 34.4 Å². The molecule has 10 atom stereocenters. The molecule has 0 spiro atoms. The average Bonchev–Trinajstić information content (AvgIpc) is 3.32. The first-order valence-electron chi connectivity index (χ1n) is 18.2. The Balaban J connectivity index is 1.22. The number of fused-ring (bicyclic) bond motifs is 5. The molecule has 0 heterocycles. The molecule has 0 aromatic carbocycles. The molecule has 4 rings (SSSR count). The molecule has 0 bridgehead atoms. The zero-order chi connectivity index (χ0) is 30.3. The van der Waals surface area contributed by atoms with Gasteiger partial charge in [-0.2, -0.15) is 0 Å². The van der Waals surface area contributed by atoms with Crippen molar-refractivity contribution in [2.75, 3.05) is 0 Å². The molecular formula is C37H64O5. The number of carboxylic acid groups (broad SMARTS) is 1. The predicted molar refractivity (Wildman–Crippen MR) is 169 cm³/mol. The average molecular weight is 589 g/mol. The van der Waals surface area contributed by atoms with E-state index in [0.29, 0.717) is 48.3 Å².